The quantitative estimate of drug-likeness (QED) is 0.869. The molecule has 0 aromatic heterocycles. The predicted molar refractivity (Wildman–Crippen MR) is 106 cm³/mol. The fraction of sp³-hybridized carbons (Fsp3) is 0.409. The molecule has 0 bridgehead atoms. The van der Waals surface area contributed by atoms with Crippen molar-refractivity contribution in [3.63, 3.8) is 0 Å². The van der Waals surface area contributed by atoms with Gasteiger partial charge >= 0.3 is 0 Å². The second-order valence-electron chi connectivity index (χ2n) is 7.23. The van der Waals surface area contributed by atoms with E-state index in [4.69, 9.17) is 0 Å². The molecule has 1 heterocycles. The highest BCUT2D eigenvalue weighted by atomic mass is 16.1. The summed E-state index contributed by atoms with van der Waals surface area (Å²) in [6.45, 7) is 6.96. The summed E-state index contributed by atoms with van der Waals surface area (Å²) in [5.74, 6) is 0.0856. The first-order valence-corrected chi connectivity index (χ1v) is 9.41. The summed E-state index contributed by atoms with van der Waals surface area (Å²) in [7, 11) is 2.17. The van der Waals surface area contributed by atoms with Crippen molar-refractivity contribution in [1.29, 1.82) is 0 Å². The Morgan fingerprint density at radius 1 is 1.00 bits per heavy atom. The molecule has 138 valence electrons. The molecule has 1 atom stereocenters. The van der Waals surface area contributed by atoms with Gasteiger partial charge in [-0.05, 0) is 25.1 Å². The second kappa shape index (κ2) is 8.97. The average Bonchev–Trinajstić information content (AvgIpc) is 2.65. The Balaban J connectivity index is 1.65. The summed E-state index contributed by atoms with van der Waals surface area (Å²) >= 11 is 0. The third-order valence-corrected chi connectivity index (χ3v) is 5.14. The SMILES string of the molecule is Cc1ccc(C(CNC(=O)Cc2ccccc2)N2CCN(C)CC2)cc1. The van der Waals surface area contributed by atoms with Crippen LogP contribution in [0.1, 0.15) is 22.7 Å². The van der Waals surface area contributed by atoms with E-state index in [-0.39, 0.29) is 11.9 Å². The molecule has 3 rings (SSSR count). The van der Waals surface area contributed by atoms with Crippen LogP contribution >= 0.6 is 0 Å². The Labute approximate surface area is 156 Å². The second-order valence-corrected chi connectivity index (χ2v) is 7.23. The van der Waals surface area contributed by atoms with Gasteiger partial charge in [-0.2, -0.15) is 0 Å². The van der Waals surface area contributed by atoms with E-state index in [2.05, 4.69) is 53.4 Å². The molecule has 26 heavy (non-hydrogen) atoms. The van der Waals surface area contributed by atoms with Crippen LogP contribution in [0.25, 0.3) is 0 Å². The van der Waals surface area contributed by atoms with E-state index in [0.29, 0.717) is 13.0 Å². The van der Waals surface area contributed by atoms with Crippen molar-refractivity contribution in [1.82, 2.24) is 15.1 Å². The van der Waals surface area contributed by atoms with E-state index >= 15 is 0 Å². The summed E-state index contributed by atoms with van der Waals surface area (Å²) in [6.07, 6.45) is 0.435. The Hall–Kier alpha value is -2.17. The van der Waals surface area contributed by atoms with Crippen molar-refractivity contribution in [3.8, 4) is 0 Å². The largest absolute Gasteiger partial charge is 0.354 e. The Morgan fingerprint density at radius 3 is 2.31 bits per heavy atom. The van der Waals surface area contributed by atoms with Crippen molar-refractivity contribution < 1.29 is 4.79 Å². The summed E-state index contributed by atoms with van der Waals surface area (Å²) in [5.41, 5.74) is 3.59. The number of carbonyl (C=O) groups excluding carboxylic acids is 1. The zero-order valence-electron chi connectivity index (χ0n) is 15.8. The number of aryl methyl sites for hydroxylation is 1. The van der Waals surface area contributed by atoms with Gasteiger partial charge in [0.15, 0.2) is 0 Å². The number of hydrogen-bond acceptors (Lipinski definition) is 3. The molecule has 0 radical (unpaired) electrons. The van der Waals surface area contributed by atoms with Crippen molar-refractivity contribution >= 4 is 5.91 Å². The molecule has 0 saturated carbocycles. The summed E-state index contributed by atoms with van der Waals surface area (Å²) < 4.78 is 0. The van der Waals surface area contributed by atoms with Crippen molar-refractivity contribution in [2.45, 2.75) is 19.4 Å². The zero-order chi connectivity index (χ0) is 18.4. The van der Waals surface area contributed by atoms with Crippen LogP contribution < -0.4 is 5.32 Å². The molecule has 2 aromatic carbocycles. The van der Waals surface area contributed by atoms with Crippen LogP contribution in [0.5, 0.6) is 0 Å². The minimum absolute atomic E-state index is 0.0856. The molecule has 1 aliphatic heterocycles. The summed E-state index contributed by atoms with van der Waals surface area (Å²) in [6, 6.07) is 18.8. The first kappa shape index (κ1) is 18.6. The van der Waals surface area contributed by atoms with Gasteiger partial charge in [0, 0.05) is 32.7 Å². The fourth-order valence-electron chi connectivity index (χ4n) is 3.43. The summed E-state index contributed by atoms with van der Waals surface area (Å²) in [5, 5.41) is 3.16. The third kappa shape index (κ3) is 5.16. The van der Waals surface area contributed by atoms with Gasteiger partial charge in [0.2, 0.25) is 5.91 Å². The molecule has 1 saturated heterocycles. The monoisotopic (exact) mass is 351 g/mol. The minimum atomic E-state index is 0.0856. The van der Waals surface area contributed by atoms with E-state index in [0.717, 1.165) is 31.7 Å². The van der Waals surface area contributed by atoms with Crippen LogP contribution in [0.2, 0.25) is 0 Å². The van der Waals surface area contributed by atoms with E-state index in [1.54, 1.807) is 0 Å². The molecule has 1 amide bonds. The van der Waals surface area contributed by atoms with E-state index in [1.807, 2.05) is 30.3 Å². The summed E-state index contributed by atoms with van der Waals surface area (Å²) in [4.78, 5) is 17.3. The number of likely N-dealkylation sites (N-methyl/N-ethyl adjacent to an activating group) is 1. The highest BCUT2D eigenvalue weighted by molar-refractivity contribution is 5.78. The number of piperazine rings is 1. The molecule has 1 aliphatic rings. The molecule has 4 nitrogen and oxygen atoms in total. The molecule has 1 unspecified atom stereocenters. The number of rotatable bonds is 6. The standard InChI is InChI=1S/C22H29N3O/c1-18-8-10-20(11-9-18)21(25-14-12-24(2)13-15-25)17-23-22(26)16-19-6-4-3-5-7-19/h3-11,21H,12-17H2,1-2H3,(H,23,26). The maximum absolute atomic E-state index is 12.4. The molecule has 0 aliphatic carbocycles. The topological polar surface area (TPSA) is 35.6 Å². The van der Waals surface area contributed by atoms with Crippen LogP contribution in [0.4, 0.5) is 0 Å². The first-order valence-electron chi connectivity index (χ1n) is 9.41. The van der Waals surface area contributed by atoms with Gasteiger partial charge in [-0.1, -0.05) is 60.2 Å². The minimum Gasteiger partial charge on any atom is -0.354 e. The highest BCUT2D eigenvalue weighted by Crippen LogP contribution is 2.22. The lowest BCUT2D eigenvalue weighted by Gasteiger charge is -2.38. The zero-order valence-corrected chi connectivity index (χ0v) is 15.8. The van der Waals surface area contributed by atoms with Crippen LogP contribution in [0, 0.1) is 6.92 Å². The fourth-order valence-corrected chi connectivity index (χ4v) is 3.43. The van der Waals surface area contributed by atoms with E-state index in [9.17, 15) is 4.79 Å². The van der Waals surface area contributed by atoms with Gasteiger partial charge in [0.05, 0.1) is 12.5 Å². The maximum atomic E-state index is 12.4. The Morgan fingerprint density at radius 2 is 1.65 bits per heavy atom. The lowest BCUT2D eigenvalue weighted by Crippen LogP contribution is -2.48. The number of hydrogen-bond donors (Lipinski definition) is 1. The Bertz CT molecular complexity index is 691. The average molecular weight is 351 g/mol. The van der Waals surface area contributed by atoms with Gasteiger partial charge in [-0.25, -0.2) is 0 Å². The van der Waals surface area contributed by atoms with Crippen molar-refractivity contribution in [2.24, 2.45) is 0 Å². The molecule has 4 heteroatoms. The molecule has 2 aromatic rings. The molecular weight excluding hydrogens is 322 g/mol. The lowest BCUT2D eigenvalue weighted by molar-refractivity contribution is -0.120. The number of nitrogens with zero attached hydrogens (tertiary/aromatic N) is 2. The maximum Gasteiger partial charge on any atom is 0.224 e. The number of carbonyl (C=O) groups is 1. The first-order chi connectivity index (χ1) is 12.6. The van der Waals surface area contributed by atoms with Gasteiger partial charge in [-0.3, -0.25) is 9.69 Å². The molecule has 0 spiro atoms. The van der Waals surface area contributed by atoms with Gasteiger partial charge in [-0.15, -0.1) is 0 Å². The van der Waals surface area contributed by atoms with Gasteiger partial charge in [0.25, 0.3) is 0 Å². The lowest BCUT2D eigenvalue weighted by atomic mass is 10.0. The van der Waals surface area contributed by atoms with Crippen LogP contribution in [-0.2, 0) is 11.2 Å². The van der Waals surface area contributed by atoms with E-state index in [1.165, 1.54) is 11.1 Å². The molecule has 1 fully saturated rings. The predicted octanol–water partition coefficient (Wildman–Crippen LogP) is 2.64. The Kier molecular flexibility index (Phi) is 6.42. The van der Waals surface area contributed by atoms with E-state index < -0.39 is 0 Å². The van der Waals surface area contributed by atoms with Gasteiger partial charge < -0.3 is 10.2 Å². The highest BCUT2D eigenvalue weighted by Gasteiger charge is 2.24. The van der Waals surface area contributed by atoms with Crippen LogP contribution in [0.15, 0.2) is 54.6 Å². The number of benzene rings is 2. The van der Waals surface area contributed by atoms with Crippen LogP contribution in [0.3, 0.4) is 0 Å². The van der Waals surface area contributed by atoms with Crippen LogP contribution in [-0.4, -0.2) is 55.5 Å². The van der Waals surface area contributed by atoms with Gasteiger partial charge in [0.1, 0.15) is 0 Å². The van der Waals surface area contributed by atoms with Crippen molar-refractivity contribution in [2.75, 3.05) is 39.8 Å². The number of nitrogens with one attached hydrogen (secondary N) is 1. The smallest absolute Gasteiger partial charge is 0.224 e. The normalized spacial score (nSPS) is 17.0. The number of amides is 1. The van der Waals surface area contributed by atoms with Crippen molar-refractivity contribution in [3.05, 3.63) is 71.3 Å². The molecule has 1 N–H and O–H groups in total. The third-order valence-electron chi connectivity index (χ3n) is 5.14. The molecular formula is C22H29N3O.